The van der Waals surface area contributed by atoms with E-state index in [-0.39, 0.29) is 18.2 Å². The fourth-order valence-electron chi connectivity index (χ4n) is 5.12. The Kier molecular flexibility index (Phi) is 6.32. The Hall–Kier alpha value is -3.13. The van der Waals surface area contributed by atoms with Gasteiger partial charge in [-0.2, -0.15) is 0 Å². The number of benzene rings is 1. The van der Waals surface area contributed by atoms with E-state index in [2.05, 4.69) is 0 Å². The number of aliphatic carboxylic acids is 1. The maximum absolute atomic E-state index is 14.0. The molecule has 2 aliphatic rings. The molecule has 0 saturated carbocycles. The monoisotopic (exact) mass is 440 g/mol. The summed E-state index contributed by atoms with van der Waals surface area (Å²) in [6.07, 6.45) is 3.42. The van der Waals surface area contributed by atoms with E-state index >= 15 is 0 Å². The Morgan fingerprint density at radius 1 is 1.19 bits per heavy atom. The van der Waals surface area contributed by atoms with Crippen molar-refractivity contribution in [1.82, 2.24) is 9.80 Å². The van der Waals surface area contributed by atoms with Crippen molar-refractivity contribution in [1.29, 1.82) is 0 Å². The zero-order valence-electron chi connectivity index (χ0n) is 18.1. The van der Waals surface area contributed by atoms with Crippen molar-refractivity contribution in [3.8, 4) is 0 Å². The molecule has 32 heavy (non-hydrogen) atoms. The summed E-state index contributed by atoms with van der Waals surface area (Å²) in [6, 6.07) is 11.2. The lowest BCUT2D eigenvalue weighted by Gasteiger charge is -2.41. The Labute approximate surface area is 186 Å². The Morgan fingerprint density at radius 2 is 1.97 bits per heavy atom. The van der Waals surface area contributed by atoms with Crippen LogP contribution in [0.1, 0.15) is 47.8 Å². The molecule has 170 valence electrons. The Morgan fingerprint density at radius 3 is 2.62 bits per heavy atom. The summed E-state index contributed by atoms with van der Waals surface area (Å²) in [7, 11) is 1.58. The molecule has 2 fully saturated rings. The van der Waals surface area contributed by atoms with E-state index in [4.69, 9.17) is 9.15 Å². The molecular formula is C24H28N2O6. The molecule has 8 nitrogen and oxygen atoms in total. The number of methoxy groups -OCH3 is 1. The van der Waals surface area contributed by atoms with E-state index < -0.39 is 23.5 Å². The molecule has 1 spiro atoms. The molecule has 1 aromatic heterocycles. The number of amides is 2. The number of carbonyl (C=O) groups excluding carboxylic acids is 2. The third kappa shape index (κ3) is 3.79. The summed E-state index contributed by atoms with van der Waals surface area (Å²) >= 11 is 0. The summed E-state index contributed by atoms with van der Waals surface area (Å²) in [5.41, 5.74) is -0.840. The van der Waals surface area contributed by atoms with Crippen LogP contribution in [0.3, 0.4) is 0 Å². The molecule has 4 rings (SSSR count). The van der Waals surface area contributed by atoms with Crippen molar-refractivity contribution >= 4 is 17.8 Å². The number of hydrogen-bond acceptors (Lipinski definition) is 5. The zero-order valence-corrected chi connectivity index (χ0v) is 18.1. The first-order valence-corrected chi connectivity index (χ1v) is 10.9. The van der Waals surface area contributed by atoms with Gasteiger partial charge in [-0.3, -0.25) is 14.4 Å². The maximum atomic E-state index is 14.0. The number of hydrogen-bond donors (Lipinski definition) is 1. The summed E-state index contributed by atoms with van der Waals surface area (Å²) in [4.78, 5) is 43.4. The summed E-state index contributed by atoms with van der Waals surface area (Å²) in [5.74, 6) is -2.21. The van der Waals surface area contributed by atoms with Crippen LogP contribution >= 0.6 is 0 Å². The van der Waals surface area contributed by atoms with Crippen molar-refractivity contribution in [2.45, 2.75) is 37.3 Å². The summed E-state index contributed by atoms with van der Waals surface area (Å²) in [6.45, 7) is 1.33. The summed E-state index contributed by atoms with van der Waals surface area (Å²) < 4.78 is 10.8. The van der Waals surface area contributed by atoms with Crippen LogP contribution < -0.4 is 0 Å². The molecule has 2 aromatic rings. The highest BCUT2D eigenvalue weighted by Crippen LogP contribution is 2.51. The number of likely N-dealkylation sites (tertiary alicyclic amines) is 2. The van der Waals surface area contributed by atoms with Crippen LogP contribution in [0.15, 0.2) is 53.1 Å². The van der Waals surface area contributed by atoms with E-state index in [1.165, 1.54) is 11.2 Å². The fourth-order valence-corrected chi connectivity index (χ4v) is 5.12. The second kappa shape index (κ2) is 9.16. The number of furan rings is 1. The minimum Gasteiger partial charge on any atom is -0.481 e. The smallest absolute Gasteiger partial charge is 0.309 e. The van der Waals surface area contributed by atoms with Crippen molar-refractivity contribution in [3.05, 3.63) is 60.1 Å². The van der Waals surface area contributed by atoms with Crippen LogP contribution in [0.5, 0.6) is 0 Å². The number of carbonyl (C=O) groups is 3. The molecule has 2 aliphatic heterocycles. The van der Waals surface area contributed by atoms with Gasteiger partial charge in [0.25, 0.3) is 5.91 Å². The number of ether oxygens (including phenoxy) is 1. The molecular weight excluding hydrogens is 412 g/mol. The van der Waals surface area contributed by atoms with Crippen LogP contribution in [0, 0.1) is 5.92 Å². The molecule has 1 aromatic carbocycles. The van der Waals surface area contributed by atoms with Gasteiger partial charge in [0, 0.05) is 25.8 Å². The SMILES string of the molecule is COCCN1CCCC[C@]2(C[C@H](C(=O)O)[C@H](c3ccco3)N2C(=O)c2ccccc2)C1=O. The van der Waals surface area contributed by atoms with Gasteiger partial charge in [-0.15, -0.1) is 0 Å². The normalized spacial score (nSPS) is 25.8. The molecule has 3 heterocycles. The van der Waals surface area contributed by atoms with Crippen LogP contribution in [-0.2, 0) is 14.3 Å². The quantitative estimate of drug-likeness (QED) is 0.741. The fraction of sp³-hybridized carbons (Fsp3) is 0.458. The first-order valence-electron chi connectivity index (χ1n) is 10.9. The predicted molar refractivity (Wildman–Crippen MR) is 115 cm³/mol. The molecule has 0 unspecified atom stereocenters. The van der Waals surface area contributed by atoms with Crippen molar-refractivity contribution < 1.29 is 28.6 Å². The Bertz CT molecular complexity index is 960. The first kappa shape index (κ1) is 22.1. The standard InChI is InChI=1S/C24H28N2O6/c1-31-15-13-25-12-6-5-11-24(23(25)30)16-18(22(28)29)20(19-10-7-14-32-19)26(24)21(27)17-8-3-2-4-9-17/h2-4,7-10,14,18,20H,5-6,11-13,15-16H2,1H3,(H,28,29)/t18-,20+,24-/m0/s1. The topological polar surface area (TPSA) is 100 Å². The second-order valence-electron chi connectivity index (χ2n) is 8.42. The molecule has 0 bridgehead atoms. The van der Waals surface area contributed by atoms with Crippen molar-refractivity contribution in [3.63, 3.8) is 0 Å². The summed E-state index contributed by atoms with van der Waals surface area (Å²) in [5, 5.41) is 10.1. The number of carboxylic acid groups (broad SMARTS) is 1. The van der Waals surface area contributed by atoms with Gasteiger partial charge >= 0.3 is 5.97 Å². The van der Waals surface area contributed by atoms with Crippen molar-refractivity contribution in [2.24, 2.45) is 5.92 Å². The largest absolute Gasteiger partial charge is 0.481 e. The lowest BCUT2D eigenvalue weighted by molar-refractivity contribution is -0.142. The van der Waals surface area contributed by atoms with Crippen LogP contribution in [0.2, 0.25) is 0 Å². The second-order valence-corrected chi connectivity index (χ2v) is 8.42. The van der Waals surface area contributed by atoms with Gasteiger partial charge in [-0.25, -0.2) is 0 Å². The van der Waals surface area contributed by atoms with Gasteiger partial charge in [-0.1, -0.05) is 18.2 Å². The van der Waals surface area contributed by atoms with E-state index in [0.717, 1.165) is 6.42 Å². The average molecular weight is 440 g/mol. The van der Waals surface area contributed by atoms with Crippen LogP contribution in [0.25, 0.3) is 0 Å². The molecule has 0 aliphatic carbocycles. The van der Waals surface area contributed by atoms with Gasteiger partial charge in [0.1, 0.15) is 17.3 Å². The van der Waals surface area contributed by atoms with Gasteiger partial charge in [-0.05, 0) is 49.9 Å². The zero-order chi connectivity index (χ0) is 22.7. The number of nitrogens with zero attached hydrogens (tertiary/aromatic N) is 2. The predicted octanol–water partition coefficient (Wildman–Crippen LogP) is 2.97. The minimum absolute atomic E-state index is 0.0502. The van der Waals surface area contributed by atoms with E-state index in [1.54, 1.807) is 48.4 Å². The van der Waals surface area contributed by atoms with Gasteiger partial charge in [0.15, 0.2) is 0 Å². The molecule has 2 amide bonds. The molecule has 0 radical (unpaired) electrons. The average Bonchev–Trinajstić information content (AvgIpc) is 3.41. The van der Waals surface area contributed by atoms with Gasteiger partial charge < -0.3 is 24.1 Å². The molecule has 8 heteroatoms. The maximum Gasteiger partial charge on any atom is 0.309 e. The lowest BCUT2D eigenvalue weighted by Crippen LogP contribution is -2.58. The van der Waals surface area contributed by atoms with Gasteiger partial charge in [0.05, 0.1) is 18.8 Å². The third-order valence-electron chi connectivity index (χ3n) is 6.59. The lowest BCUT2D eigenvalue weighted by atomic mass is 9.85. The van der Waals surface area contributed by atoms with Crippen LogP contribution in [0.4, 0.5) is 0 Å². The van der Waals surface area contributed by atoms with E-state index in [1.807, 2.05) is 6.07 Å². The molecule has 1 N–H and O–H groups in total. The molecule has 3 atom stereocenters. The third-order valence-corrected chi connectivity index (χ3v) is 6.59. The van der Waals surface area contributed by atoms with Gasteiger partial charge in [0.2, 0.25) is 5.91 Å². The highest BCUT2D eigenvalue weighted by atomic mass is 16.5. The van der Waals surface area contributed by atoms with E-state index in [9.17, 15) is 19.5 Å². The molecule has 2 saturated heterocycles. The highest BCUT2D eigenvalue weighted by Gasteiger charge is 2.62. The number of rotatable bonds is 6. The Balaban J connectivity index is 1.86. The van der Waals surface area contributed by atoms with Crippen molar-refractivity contribution in [2.75, 3.05) is 26.8 Å². The minimum atomic E-state index is -1.25. The highest BCUT2D eigenvalue weighted by molar-refractivity contribution is 6.01. The number of carboxylic acids is 1. The van der Waals surface area contributed by atoms with Crippen LogP contribution in [-0.4, -0.2) is 65.0 Å². The van der Waals surface area contributed by atoms with E-state index in [0.29, 0.717) is 43.9 Å². The first-order chi connectivity index (χ1) is 15.5.